The van der Waals surface area contributed by atoms with Crippen LogP contribution in [0, 0.1) is 0 Å². The highest BCUT2D eigenvalue weighted by molar-refractivity contribution is 6.36. The van der Waals surface area contributed by atoms with Crippen molar-refractivity contribution in [1.82, 2.24) is 4.90 Å². The Labute approximate surface area is 187 Å². The Hall–Kier alpha value is -4.06. The summed E-state index contributed by atoms with van der Waals surface area (Å²) in [6.45, 7) is 2.67. The van der Waals surface area contributed by atoms with Gasteiger partial charge in [0.05, 0.1) is 25.8 Å². The Kier molecular flexibility index (Phi) is 6.22. The molecule has 0 fully saturated rings. The highest BCUT2D eigenvalue weighted by atomic mass is 16.5. The molecule has 0 saturated carbocycles. The molecule has 0 aromatic heterocycles. The van der Waals surface area contributed by atoms with Crippen LogP contribution in [0.5, 0.6) is 11.5 Å². The summed E-state index contributed by atoms with van der Waals surface area (Å²) in [6.07, 6.45) is 0. The lowest BCUT2D eigenvalue weighted by molar-refractivity contribution is -0.137. The summed E-state index contributed by atoms with van der Waals surface area (Å²) in [4.78, 5) is 28.1. The number of anilines is 1. The van der Waals surface area contributed by atoms with E-state index in [0.717, 1.165) is 11.3 Å². The molecular weight excluding hydrogens is 404 g/mol. The van der Waals surface area contributed by atoms with Crippen molar-refractivity contribution in [3.8, 4) is 11.5 Å². The number of rotatable bonds is 8. The van der Waals surface area contributed by atoms with Crippen molar-refractivity contribution in [3.05, 3.63) is 95.7 Å². The van der Waals surface area contributed by atoms with E-state index in [4.69, 9.17) is 9.47 Å². The molecule has 0 radical (unpaired) electrons. The number of nitrogens with one attached hydrogen (secondary N) is 1. The number of benzene rings is 3. The van der Waals surface area contributed by atoms with Crippen molar-refractivity contribution in [3.63, 3.8) is 0 Å². The molecule has 0 aliphatic carbocycles. The number of carbonyl (C=O) groups excluding carboxylic acids is 2. The molecule has 0 atom stereocenters. The fourth-order valence-electron chi connectivity index (χ4n) is 3.65. The SMILES string of the molecule is CCOc1ccc(NC2=C(c3ccccc3OC)C(=O)N(Cc3ccccc3)C2=O)cc1. The van der Waals surface area contributed by atoms with Gasteiger partial charge in [0.15, 0.2) is 0 Å². The number of hydrogen-bond donors (Lipinski definition) is 1. The summed E-state index contributed by atoms with van der Waals surface area (Å²) in [7, 11) is 1.54. The van der Waals surface area contributed by atoms with Gasteiger partial charge in [0, 0.05) is 11.3 Å². The number of nitrogens with zero attached hydrogens (tertiary/aromatic N) is 1. The van der Waals surface area contributed by atoms with E-state index >= 15 is 0 Å². The molecule has 6 nitrogen and oxygen atoms in total. The molecule has 162 valence electrons. The van der Waals surface area contributed by atoms with E-state index in [1.165, 1.54) is 4.90 Å². The lowest BCUT2D eigenvalue weighted by atomic mass is 10.0. The average molecular weight is 428 g/mol. The van der Waals surface area contributed by atoms with Crippen LogP contribution in [0.1, 0.15) is 18.1 Å². The maximum atomic E-state index is 13.5. The van der Waals surface area contributed by atoms with Crippen LogP contribution in [0.3, 0.4) is 0 Å². The zero-order valence-electron chi connectivity index (χ0n) is 18.0. The van der Waals surface area contributed by atoms with E-state index in [1.807, 2.05) is 73.7 Å². The van der Waals surface area contributed by atoms with Gasteiger partial charge < -0.3 is 14.8 Å². The predicted octanol–water partition coefficient (Wildman–Crippen LogP) is 4.49. The van der Waals surface area contributed by atoms with Crippen LogP contribution in [0.15, 0.2) is 84.6 Å². The third-order valence-electron chi connectivity index (χ3n) is 5.16. The second-order valence-corrected chi connectivity index (χ2v) is 7.21. The number of amides is 2. The minimum atomic E-state index is -0.381. The first-order chi connectivity index (χ1) is 15.6. The molecule has 2 amide bonds. The fraction of sp³-hybridized carbons (Fsp3) is 0.154. The zero-order valence-corrected chi connectivity index (χ0v) is 18.0. The maximum Gasteiger partial charge on any atom is 0.278 e. The summed E-state index contributed by atoms with van der Waals surface area (Å²) < 4.78 is 11.0. The largest absolute Gasteiger partial charge is 0.496 e. The van der Waals surface area contributed by atoms with E-state index in [1.54, 1.807) is 19.2 Å². The quantitative estimate of drug-likeness (QED) is 0.536. The Balaban J connectivity index is 1.74. The molecule has 0 bridgehead atoms. The molecule has 3 aromatic rings. The van der Waals surface area contributed by atoms with Crippen LogP contribution in [0.2, 0.25) is 0 Å². The normalized spacial score (nSPS) is 13.5. The van der Waals surface area contributed by atoms with Gasteiger partial charge in [-0.2, -0.15) is 0 Å². The summed E-state index contributed by atoms with van der Waals surface area (Å²) >= 11 is 0. The van der Waals surface area contributed by atoms with Crippen molar-refractivity contribution in [2.24, 2.45) is 0 Å². The second-order valence-electron chi connectivity index (χ2n) is 7.21. The van der Waals surface area contributed by atoms with Crippen molar-refractivity contribution >= 4 is 23.1 Å². The topological polar surface area (TPSA) is 67.9 Å². The van der Waals surface area contributed by atoms with Crippen LogP contribution >= 0.6 is 0 Å². The third-order valence-corrected chi connectivity index (χ3v) is 5.16. The van der Waals surface area contributed by atoms with Gasteiger partial charge in [0.1, 0.15) is 17.2 Å². The molecule has 1 aliphatic heterocycles. The third kappa shape index (κ3) is 4.21. The summed E-state index contributed by atoms with van der Waals surface area (Å²) in [6, 6.07) is 23.9. The van der Waals surface area contributed by atoms with Gasteiger partial charge in [-0.1, -0.05) is 48.5 Å². The molecule has 0 saturated heterocycles. The minimum absolute atomic E-state index is 0.186. The summed E-state index contributed by atoms with van der Waals surface area (Å²) in [5.74, 6) is 0.512. The summed E-state index contributed by atoms with van der Waals surface area (Å²) in [5, 5.41) is 3.16. The smallest absolute Gasteiger partial charge is 0.278 e. The fourth-order valence-corrected chi connectivity index (χ4v) is 3.65. The highest BCUT2D eigenvalue weighted by Gasteiger charge is 2.40. The minimum Gasteiger partial charge on any atom is -0.496 e. The van der Waals surface area contributed by atoms with Crippen LogP contribution in [0.25, 0.3) is 5.57 Å². The van der Waals surface area contributed by atoms with Crippen molar-refractivity contribution in [2.75, 3.05) is 19.0 Å². The van der Waals surface area contributed by atoms with Gasteiger partial charge in [0.2, 0.25) is 0 Å². The molecular formula is C26H24N2O4. The number of methoxy groups -OCH3 is 1. The number of para-hydroxylation sites is 1. The lowest BCUT2D eigenvalue weighted by Crippen LogP contribution is -2.32. The van der Waals surface area contributed by atoms with Gasteiger partial charge in [-0.15, -0.1) is 0 Å². The second kappa shape index (κ2) is 9.39. The number of imide groups is 1. The number of hydrogen-bond acceptors (Lipinski definition) is 5. The van der Waals surface area contributed by atoms with Gasteiger partial charge in [0.25, 0.3) is 11.8 Å². The number of ether oxygens (including phenoxy) is 2. The molecule has 32 heavy (non-hydrogen) atoms. The van der Waals surface area contributed by atoms with Crippen LogP contribution in [-0.4, -0.2) is 30.4 Å². The lowest BCUT2D eigenvalue weighted by Gasteiger charge is -2.15. The molecule has 1 N–H and O–H groups in total. The first kappa shape index (κ1) is 21.2. The first-order valence-electron chi connectivity index (χ1n) is 10.4. The molecule has 3 aromatic carbocycles. The molecule has 0 unspecified atom stereocenters. The van der Waals surface area contributed by atoms with Gasteiger partial charge in [-0.25, -0.2) is 0 Å². The zero-order chi connectivity index (χ0) is 22.5. The van der Waals surface area contributed by atoms with Crippen LogP contribution in [0.4, 0.5) is 5.69 Å². The van der Waals surface area contributed by atoms with Crippen LogP contribution < -0.4 is 14.8 Å². The monoisotopic (exact) mass is 428 g/mol. The number of carbonyl (C=O) groups is 2. The van der Waals surface area contributed by atoms with Gasteiger partial charge in [-0.05, 0) is 42.8 Å². The van der Waals surface area contributed by atoms with Crippen molar-refractivity contribution in [1.29, 1.82) is 0 Å². The highest BCUT2D eigenvalue weighted by Crippen LogP contribution is 2.36. The van der Waals surface area contributed by atoms with Crippen molar-refractivity contribution < 1.29 is 19.1 Å². The predicted molar refractivity (Wildman–Crippen MR) is 123 cm³/mol. The Morgan fingerprint density at radius 2 is 1.53 bits per heavy atom. The maximum absolute atomic E-state index is 13.5. The van der Waals surface area contributed by atoms with Crippen molar-refractivity contribution in [2.45, 2.75) is 13.5 Å². The molecule has 0 spiro atoms. The average Bonchev–Trinajstić information content (AvgIpc) is 3.05. The standard InChI is InChI=1S/C26H24N2O4/c1-3-32-20-15-13-19(14-16-20)27-24-23(21-11-7-8-12-22(21)31-2)25(29)28(26(24)30)17-18-9-5-4-6-10-18/h4-16,27H,3,17H2,1-2H3. The molecule has 4 rings (SSSR count). The van der Waals surface area contributed by atoms with E-state index in [-0.39, 0.29) is 29.6 Å². The first-order valence-corrected chi connectivity index (χ1v) is 10.4. The van der Waals surface area contributed by atoms with E-state index < -0.39 is 0 Å². The Morgan fingerprint density at radius 1 is 0.844 bits per heavy atom. The Bertz CT molecular complexity index is 1150. The van der Waals surface area contributed by atoms with Gasteiger partial charge in [-0.3, -0.25) is 14.5 Å². The molecule has 1 heterocycles. The molecule has 1 aliphatic rings. The van der Waals surface area contributed by atoms with E-state index in [0.29, 0.717) is 23.6 Å². The van der Waals surface area contributed by atoms with Gasteiger partial charge >= 0.3 is 0 Å². The van der Waals surface area contributed by atoms with Crippen LogP contribution in [-0.2, 0) is 16.1 Å². The molecule has 6 heteroatoms. The Morgan fingerprint density at radius 3 is 2.22 bits per heavy atom. The van der Waals surface area contributed by atoms with E-state index in [2.05, 4.69) is 5.32 Å². The van der Waals surface area contributed by atoms with E-state index in [9.17, 15) is 9.59 Å². The summed E-state index contributed by atoms with van der Waals surface area (Å²) in [5.41, 5.74) is 2.63.